The van der Waals surface area contributed by atoms with Gasteiger partial charge >= 0.3 is 5.69 Å². The van der Waals surface area contributed by atoms with Crippen LogP contribution in [0.5, 0.6) is 0 Å². The molecule has 1 atom stereocenters. The number of nitrogens with zero attached hydrogens (tertiary/aromatic N) is 3. The van der Waals surface area contributed by atoms with Gasteiger partial charge in [0.05, 0.1) is 4.92 Å². The zero-order valence-electron chi connectivity index (χ0n) is 12.3. The first kappa shape index (κ1) is 14.6. The fourth-order valence-electron chi connectivity index (χ4n) is 2.62. The Morgan fingerprint density at radius 2 is 2.30 bits per heavy atom. The zero-order chi connectivity index (χ0) is 14.7. The minimum Gasteiger partial charge on any atom is -0.370 e. The molecule has 1 aliphatic heterocycles. The first-order valence-electron chi connectivity index (χ1n) is 7.17. The maximum absolute atomic E-state index is 11.2. The summed E-state index contributed by atoms with van der Waals surface area (Å²) in [5.74, 6) is 2.37. The highest BCUT2D eigenvalue weighted by Crippen LogP contribution is 2.33. The monoisotopic (exact) mass is 278 g/mol. The molecule has 1 saturated heterocycles. The van der Waals surface area contributed by atoms with Gasteiger partial charge in [0.2, 0.25) is 5.82 Å². The minimum atomic E-state index is -0.346. The fraction of sp³-hybridized carbons (Fsp3) is 0.643. The fourth-order valence-corrected chi connectivity index (χ4v) is 2.62. The number of nitro groups is 1. The Bertz CT molecular complexity index is 490. The third-order valence-electron chi connectivity index (χ3n) is 3.88. The number of hydrogen-bond donors (Lipinski definition) is 1. The first-order valence-corrected chi connectivity index (χ1v) is 7.17. The maximum atomic E-state index is 11.2. The van der Waals surface area contributed by atoms with Crippen molar-refractivity contribution >= 4 is 17.3 Å². The molecule has 0 aliphatic carbocycles. The van der Waals surface area contributed by atoms with Gasteiger partial charge in [0.1, 0.15) is 5.82 Å². The molecule has 0 radical (unpaired) electrons. The molecule has 1 N–H and O–H groups in total. The molecule has 2 heterocycles. The Kier molecular flexibility index (Phi) is 4.42. The topological polar surface area (TPSA) is 71.3 Å². The molecule has 1 fully saturated rings. The highest BCUT2D eigenvalue weighted by atomic mass is 16.6. The minimum absolute atomic E-state index is 0.0936. The molecular weight excluding hydrogens is 256 g/mol. The van der Waals surface area contributed by atoms with Crippen molar-refractivity contribution in [1.82, 2.24) is 4.98 Å². The summed E-state index contributed by atoms with van der Waals surface area (Å²) in [6.45, 7) is 8.82. The van der Waals surface area contributed by atoms with Crippen molar-refractivity contribution in [1.29, 1.82) is 0 Å². The third kappa shape index (κ3) is 3.00. The van der Waals surface area contributed by atoms with E-state index in [0.717, 1.165) is 26.1 Å². The number of hydrogen-bond acceptors (Lipinski definition) is 5. The molecule has 2 rings (SSSR count). The van der Waals surface area contributed by atoms with Gasteiger partial charge in [0.25, 0.3) is 0 Å². The van der Waals surface area contributed by atoms with Crippen LogP contribution in [0.4, 0.5) is 17.3 Å². The van der Waals surface area contributed by atoms with Gasteiger partial charge in [0.15, 0.2) is 0 Å². The molecule has 0 saturated carbocycles. The lowest BCUT2D eigenvalue weighted by Gasteiger charge is -2.19. The molecule has 0 spiro atoms. The van der Waals surface area contributed by atoms with Crippen molar-refractivity contribution in [2.45, 2.75) is 27.2 Å². The molecule has 20 heavy (non-hydrogen) atoms. The predicted octanol–water partition coefficient (Wildman–Crippen LogP) is 2.90. The van der Waals surface area contributed by atoms with Crippen LogP contribution < -0.4 is 10.2 Å². The van der Waals surface area contributed by atoms with E-state index in [-0.39, 0.29) is 10.6 Å². The summed E-state index contributed by atoms with van der Waals surface area (Å²) in [4.78, 5) is 17.3. The smallest absolute Gasteiger partial charge is 0.311 e. The van der Waals surface area contributed by atoms with Crippen LogP contribution in [0.2, 0.25) is 0 Å². The van der Waals surface area contributed by atoms with E-state index in [0.29, 0.717) is 23.5 Å². The summed E-state index contributed by atoms with van der Waals surface area (Å²) in [5.41, 5.74) is 0.0936. The lowest BCUT2D eigenvalue weighted by molar-refractivity contribution is -0.384. The summed E-state index contributed by atoms with van der Waals surface area (Å²) in [6.07, 6.45) is 1.07. The Morgan fingerprint density at radius 3 is 2.85 bits per heavy atom. The normalized spacial score (nSPS) is 18.6. The molecule has 0 amide bonds. The number of rotatable bonds is 5. The average Bonchev–Trinajstić information content (AvgIpc) is 2.88. The van der Waals surface area contributed by atoms with Gasteiger partial charge in [-0.05, 0) is 31.2 Å². The van der Waals surface area contributed by atoms with E-state index in [1.165, 1.54) is 0 Å². The van der Waals surface area contributed by atoms with Gasteiger partial charge in [-0.2, -0.15) is 0 Å². The third-order valence-corrected chi connectivity index (χ3v) is 3.88. The molecule has 1 aromatic rings. The highest BCUT2D eigenvalue weighted by Gasteiger charge is 2.30. The van der Waals surface area contributed by atoms with Crippen molar-refractivity contribution in [3.63, 3.8) is 0 Å². The second-order valence-electron chi connectivity index (χ2n) is 5.57. The molecule has 1 aliphatic rings. The Labute approximate surface area is 119 Å². The Balaban J connectivity index is 2.28. The predicted molar refractivity (Wildman–Crippen MR) is 80.2 cm³/mol. The van der Waals surface area contributed by atoms with E-state index >= 15 is 0 Å². The van der Waals surface area contributed by atoms with Crippen LogP contribution in [-0.2, 0) is 0 Å². The van der Waals surface area contributed by atoms with Crippen molar-refractivity contribution in [2.75, 3.05) is 29.9 Å². The number of nitrogens with one attached hydrogen (secondary N) is 1. The molecular formula is C14H22N4O2. The largest absolute Gasteiger partial charge is 0.370 e. The standard InChI is InChI=1S/C14H22N4O2/c1-4-15-13-6-5-12(18(19)20)14(16-13)17-8-7-11(9-17)10(2)3/h5-6,10-11H,4,7-9H2,1-3H3,(H,15,16). The van der Waals surface area contributed by atoms with Crippen molar-refractivity contribution in [3.05, 3.63) is 22.2 Å². The molecule has 6 heteroatoms. The quantitative estimate of drug-likeness (QED) is 0.662. The van der Waals surface area contributed by atoms with E-state index < -0.39 is 0 Å². The van der Waals surface area contributed by atoms with Gasteiger partial charge in [-0.15, -0.1) is 0 Å². The van der Waals surface area contributed by atoms with Crippen LogP contribution in [0.1, 0.15) is 27.2 Å². The van der Waals surface area contributed by atoms with Crippen LogP contribution in [0.3, 0.4) is 0 Å². The lowest BCUT2D eigenvalue weighted by atomic mass is 9.95. The summed E-state index contributed by atoms with van der Waals surface area (Å²) in [7, 11) is 0. The SMILES string of the molecule is CCNc1ccc([N+](=O)[O-])c(N2CCC(C(C)C)C2)n1. The molecule has 6 nitrogen and oxygen atoms in total. The van der Waals surface area contributed by atoms with E-state index in [4.69, 9.17) is 0 Å². The maximum Gasteiger partial charge on any atom is 0.311 e. The van der Waals surface area contributed by atoms with Crippen molar-refractivity contribution < 1.29 is 4.92 Å². The van der Waals surface area contributed by atoms with Crippen LogP contribution >= 0.6 is 0 Å². The first-order chi connectivity index (χ1) is 9.52. The van der Waals surface area contributed by atoms with Crippen LogP contribution in [0.25, 0.3) is 0 Å². The van der Waals surface area contributed by atoms with Gasteiger partial charge in [0, 0.05) is 25.7 Å². The number of anilines is 2. The molecule has 1 aromatic heterocycles. The summed E-state index contributed by atoms with van der Waals surface area (Å²) in [5, 5.41) is 14.3. The van der Waals surface area contributed by atoms with E-state index in [1.807, 2.05) is 11.8 Å². The van der Waals surface area contributed by atoms with E-state index in [9.17, 15) is 10.1 Å². The summed E-state index contributed by atoms with van der Waals surface area (Å²) in [6, 6.07) is 3.21. The summed E-state index contributed by atoms with van der Waals surface area (Å²) >= 11 is 0. The van der Waals surface area contributed by atoms with Crippen LogP contribution in [0.15, 0.2) is 12.1 Å². The second kappa shape index (κ2) is 6.07. The van der Waals surface area contributed by atoms with Gasteiger partial charge in [-0.3, -0.25) is 10.1 Å². The second-order valence-corrected chi connectivity index (χ2v) is 5.57. The number of pyridine rings is 1. The van der Waals surface area contributed by atoms with Crippen molar-refractivity contribution in [2.24, 2.45) is 11.8 Å². The van der Waals surface area contributed by atoms with Gasteiger partial charge in [-0.25, -0.2) is 4.98 Å². The Hall–Kier alpha value is -1.85. The lowest BCUT2D eigenvalue weighted by Crippen LogP contribution is -2.23. The average molecular weight is 278 g/mol. The molecule has 0 aromatic carbocycles. The van der Waals surface area contributed by atoms with Crippen LogP contribution in [-0.4, -0.2) is 29.5 Å². The van der Waals surface area contributed by atoms with Gasteiger partial charge < -0.3 is 10.2 Å². The molecule has 1 unspecified atom stereocenters. The zero-order valence-corrected chi connectivity index (χ0v) is 12.3. The number of aromatic nitrogens is 1. The van der Waals surface area contributed by atoms with Gasteiger partial charge in [-0.1, -0.05) is 13.8 Å². The molecule has 110 valence electrons. The summed E-state index contributed by atoms with van der Waals surface area (Å²) < 4.78 is 0. The van der Waals surface area contributed by atoms with E-state index in [1.54, 1.807) is 12.1 Å². The van der Waals surface area contributed by atoms with E-state index in [2.05, 4.69) is 24.1 Å². The van der Waals surface area contributed by atoms with Crippen molar-refractivity contribution in [3.8, 4) is 0 Å². The van der Waals surface area contributed by atoms with Crippen LogP contribution in [0, 0.1) is 22.0 Å². The highest BCUT2D eigenvalue weighted by molar-refractivity contribution is 5.62. The Morgan fingerprint density at radius 1 is 1.55 bits per heavy atom. The molecule has 0 bridgehead atoms.